The summed E-state index contributed by atoms with van der Waals surface area (Å²) < 4.78 is 31.2. The molecule has 3 rings (SSSR count). The first-order valence-corrected chi connectivity index (χ1v) is 7.22. The number of nitrogens with two attached hydrogens (primary N) is 1. The molecule has 5 nitrogen and oxygen atoms in total. The highest BCUT2D eigenvalue weighted by Crippen LogP contribution is 2.47. The second-order valence-electron chi connectivity index (χ2n) is 5.62. The van der Waals surface area contributed by atoms with Gasteiger partial charge in [0.05, 0.1) is 12.7 Å². The van der Waals surface area contributed by atoms with Gasteiger partial charge in [0.2, 0.25) is 0 Å². The molecule has 0 spiro atoms. The average Bonchev–Trinajstić information content (AvgIpc) is 2.87. The van der Waals surface area contributed by atoms with Crippen LogP contribution in [0.4, 0.5) is 4.39 Å². The van der Waals surface area contributed by atoms with Crippen LogP contribution in [0.15, 0.2) is 6.07 Å². The summed E-state index contributed by atoms with van der Waals surface area (Å²) in [5.41, 5.74) is 6.30. The number of likely N-dealkylation sites (tertiary alicyclic amines) is 1. The van der Waals surface area contributed by atoms with Crippen LogP contribution in [-0.4, -0.2) is 45.4 Å². The molecule has 116 valence electrons. The van der Waals surface area contributed by atoms with Crippen LogP contribution in [0.3, 0.4) is 0 Å². The third-order valence-corrected chi connectivity index (χ3v) is 4.29. The molecule has 0 saturated carbocycles. The molecule has 0 aromatic heterocycles. The molecule has 2 atom stereocenters. The van der Waals surface area contributed by atoms with Gasteiger partial charge in [-0.25, -0.2) is 4.39 Å². The fourth-order valence-corrected chi connectivity index (χ4v) is 3.22. The second-order valence-corrected chi connectivity index (χ2v) is 5.62. The molecule has 2 heterocycles. The first-order valence-electron chi connectivity index (χ1n) is 7.22. The monoisotopic (exact) mass is 296 g/mol. The van der Waals surface area contributed by atoms with Crippen LogP contribution in [-0.2, 0) is 0 Å². The number of rotatable bonds is 3. The summed E-state index contributed by atoms with van der Waals surface area (Å²) in [5.74, 6) is 1.26. The van der Waals surface area contributed by atoms with Gasteiger partial charge in [-0.15, -0.1) is 0 Å². The van der Waals surface area contributed by atoms with Gasteiger partial charge in [-0.3, -0.25) is 4.90 Å². The molecule has 0 radical (unpaired) electrons. The Morgan fingerprint density at radius 1 is 1.43 bits per heavy atom. The molecule has 21 heavy (non-hydrogen) atoms. The van der Waals surface area contributed by atoms with Crippen molar-refractivity contribution in [1.82, 2.24) is 4.90 Å². The van der Waals surface area contributed by atoms with Gasteiger partial charge in [-0.05, 0) is 25.9 Å². The molecule has 2 N–H and O–H groups in total. The smallest absolute Gasteiger partial charge is 0.173 e. The molecule has 0 aliphatic carbocycles. The molecule has 1 aromatic carbocycles. The molecule has 1 fully saturated rings. The van der Waals surface area contributed by atoms with Crippen LogP contribution in [0.1, 0.15) is 18.0 Å². The Hall–Kier alpha value is -1.53. The highest BCUT2D eigenvalue weighted by atomic mass is 19.1. The number of fused-ring (bicyclic) bond motifs is 1. The lowest BCUT2D eigenvalue weighted by atomic mass is 9.97. The minimum absolute atomic E-state index is 0.0656. The van der Waals surface area contributed by atoms with Gasteiger partial charge >= 0.3 is 0 Å². The zero-order valence-corrected chi connectivity index (χ0v) is 12.4. The third kappa shape index (κ3) is 2.42. The fourth-order valence-electron chi connectivity index (χ4n) is 3.22. The Morgan fingerprint density at radius 3 is 2.86 bits per heavy atom. The summed E-state index contributed by atoms with van der Waals surface area (Å²) in [6, 6.07) is 1.49. The van der Waals surface area contributed by atoms with E-state index in [9.17, 15) is 4.39 Å². The van der Waals surface area contributed by atoms with Gasteiger partial charge in [-0.1, -0.05) is 0 Å². The second kappa shape index (κ2) is 5.69. The summed E-state index contributed by atoms with van der Waals surface area (Å²) in [6.07, 6.45) is 0.812. The number of hydrogen-bond donors (Lipinski definition) is 1. The van der Waals surface area contributed by atoms with E-state index in [2.05, 4.69) is 4.90 Å². The molecule has 2 unspecified atom stereocenters. The van der Waals surface area contributed by atoms with Crippen molar-refractivity contribution < 1.29 is 18.6 Å². The lowest BCUT2D eigenvalue weighted by molar-refractivity contribution is 0.163. The van der Waals surface area contributed by atoms with Crippen LogP contribution in [0.2, 0.25) is 0 Å². The van der Waals surface area contributed by atoms with Crippen molar-refractivity contribution in [2.75, 3.05) is 40.5 Å². The predicted octanol–water partition coefficient (Wildman–Crippen LogP) is 1.56. The van der Waals surface area contributed by atoms with E-state index in [0.717, 1.165) is 13.0 Å². The van der Waals surface area contributed by atoms with E-state index in [1.54, 1.807) is 6.07 Å². The number of ether oxygens (including phenoxy) is 3. The molecular weight excluding hydrogens is 275 g/mol. The number of benzene rings is 1. The summed E-state index contributed by atoms with van der Waals surface area (Å²) in [4.78, 5) is 2.12. The third-order valence-electron chi connectivity index (χ3n) is 4.29. The first-order chi connectivity index (χ1) is 10.2. The van der Waals surface area contributed by atoms with E-state index < -0.39 is 0 Å². The van der Waals surface area contributed by atoms with E-state index in [1.165, 1.54) is 7.11 Å². The number of nitrogens with zero attached hydrogens (tertiary/aromatic N) is 1. The van der Waals surface area contributed by atoms with Gasteiger partial charge in [0.15, 0.2) is 23.1 Å². The quantitative estimate of drug-likeness (QED) is 0.917. The zero-order valence-electron chi connectivity index (χ0n) is 12.4. The van der Waals surface area contributed by atoms with Crippen molar-refractivity contribution in [2.45, 2.75) is 12.5 Å². The van der Waals surface area contributed by atoms with Gasteiger partial charge < -0.3 is 19.9 Å². The molecule has 2 aliphatic heterocycles. The number of hydrogen-bond acceptors (Lipinski definition) is 5. The standard InChI is InChI=1S/C15H21FN2O3/c1-18-8-9(7-17)5-10(18)13-14(16)11(19-2)6-12-15(13)21-4-3-20-12/h6,9-10H,3-5,7-8,17H2,1-2H3. The van der Waals surface area contributed by atoms with Crippen LogP contribution in [0, 0.1) is 11.7 Å². The summed E-state index contributed by atoms with van der Waals surface area (Å²) in [6.45, 7) is 2.36. The minimum Gasteiger partial charge on any atom is -0.494 e. The Morgan fingerprint density at radius 2 is 2.19 bits per heavy atom. The van der Waals surface area contributed by atoms with E-state index in [-0.39, 0.29) is 17.6 Å². The van der Waals surface area contributed by atoms with Crippen molar-refractivity contribution in [2.24, 2.45) is 11.7 Å². The largest absolute Gasteiger partial charge is 0.494 e. The fraction of sp³-hybridized carbons (Fsp3) is 0.600. The van der Waals surface area contributed by atoms with Gasteiger partial charge in [0.25, 0.3) is 0 Å². The first kappa shape index (κ1) is 14.4. The molecular formula is C15H21FN2O3. The predicted molar refractivity (Wildman–Crippen MR) is 76.5 cm³/mol. The SMILES string of the molecule is COc1cc2c(c(C3CC(CN)CN3C)c1F)OCCO2. The van der Waals surface area contributed by atoms with Gasteiger partial charge in [0, 0.05) is 18.7 Å². The normalized spacial score (nSPS) is 25.1. The molecule has 1 saturated heterocycles. The van der Waals surface area contributed by atoms with Crippen LogP contribution in [0.5, 0.6) is 17.2 Å². The van der Waals surface area contributed by atoms with Crippen molar-refractivity contribution in [1.29, 1.82) is 0 Å². The molecule has 2 aliphatic rings. The Balaban J connectivity index is 2.08. The maximum Gasteiger partial charge on any atom is 0.173 e. The number of methoxy groups -OCH3 is 1. The lowest BCUT2D eigenvalue weighted by Gasteiger charge is -2.27. The Kier molecular flexibility index (Phi) is 3.91. The minimum atomic E-state index is -0.365. The van der Waals surface area contributed by atoms with Crippen molar-refractivity contribution in [3.05, 3.63) is 17.4 Å². The molecule has 0 bridgehead atoms. The zero-order chi connectivity index (χ0) is 15.0. The maximum absolute atomic E-state index is 14.8. The van der Waals surface area contributed by atoms with Gasteiger partial charge in [-0.2, -0.15) is 0 Å². The van der Waals surface area contributed by atoms with Crippen molar-refractivity contribution in [3.8, 4) is 17.2 Å². The van der Waals surface area contributed by atoms with E-state index >= 15 is 0 Å². The van der Waals surface area contributed by atoms with Gasteiger partial charge in [0.1, 0.15) is 13.2 Å². The molecule has 1 aromatic rings. The van der Waals surface area contributed by atoms with Crippen LogP contribution in [0.25, 0.3) is 0 Å². The Bertz CT molecular complexity index is 538. The molecule has 0 amide bonds. The van der Waals surface area contributed by atoms with E-state index in [0.29, 0.717) is 42.7 Å². The van der Waals surface area contributed by atoms with Crippen LogP contribution >= 0.6 is 0 Å². The summed E-state index contributed by atoms with van der Waals surface area (Å²) in [5, 5.41) is 0. The van der Waals surface area contributed by atoms with E-state index in [1.807, 2.05) is 7.05 Å². The van der Waals surface area contributed by atoms with Crippen molar-refractivity contribution >= 4 is 0 Å². The summed E-state index contributed by atoms with van der Waals surface area (Å²) in [7, 11) is 3.44. The summed E-state index contributed by atoms with van der Waals surface area (Å²) >= 11 is 0. The van der Waals surface area contributed by atoms with Crippen molar-refractivity contribution in [3.63, 3.8) is 0 Å². The lowest BCUT2D eigenvalue weighted by Crippen LogP contribution is -2.23. The number of halogens is 1. The average molecular weight is 296 g/mol. The van der Waals surface area contributed by atoms with Crippen LogP contribution < -0.4 is 19.9 Å². The Labute approximate surface area is 123 Å². The highest BCUT2D eigenvalue weighted by Gasteiger charge is 2.37. The topological polar surface area (TPSA) is 57.0 Å². The van der Waals surface area contributed by atoms with E-state index in [4.69, 9.17) is 19.9 Å². The molecule has 6 heteroatoms. The maximum atomic E-state index is 14.8. The highest BCUT2D eigenvalue weighted by molar-refractivity contribution is 5.55.